The topological polar surface area (TPSA) is 37.9 Å². The van der Waals surface area contributed by atoms with E-state index in [9.17, 15) is 0 Å². The molecule has 68 valence electrons. The van der Waals surface area contributed by atoms with E-state index in [4.69, 9.17) is 4.74 Å². The Morgan fingerprint density at radius 1 is 1.54 bits per heavy atom. The van der Waals surface area contributed by atoms with Gasteiger partial charge >= 0.3 is 0 Å². The lowest BCUT2D eigenvalue weighted by Gasteiger charge is -2.07. The SMILES string of the molecule is COc1c(Br)cc2cn[nH]c2c1C. The van der Waals surface area contributed by atoms with Crippen molar-refractivity contribution in [2.24, 2.45) is 0 Å². The molecular weight excluding hydrogens is 232 g/mol. The molecule has 0 aliphatic carbocycles. The number of fused-ring (bicyclic) bond motifs is 1. The largest absolute Gasteiger partial charge is 0.495 e. The molecule has 0 fully saturated rings. The maximum Gasteiger partial charge on any atom is 0.138 e. The summed E-state index contributed by atoms with van der Waals surface area (Å²) in [5.74, 6) is 0.858. The Bertz CT molecular complexity index is 450. The van der Waals surface area contributed by atoms with Crippen LogP contribution in [0.15, 0.2) is 16.7 Å². The molecule has 0 amide bonds. The summed E-state index contributed by atoms with van der Waals surface area (Å²) in [6.45, 7) is 2.00. The molecule has 2 aromatic rings. The Morgan fingerprint density at radius 2 is 2.31 bits per heavy atom. The van der Waals surface area contributed by atoms with Crippen LogP contribution in [-0.2, 0) is 0 Å². The van der Waals surface area contributed by atoms with Gasteiger partial charge in [0.2, 0.25) is 0 Å². The zero-order chi connectivity index (χ0) is 9.42. The number of methoxy groups -OCH3 is 1. The van der Waals surface area contributed by atoms with E-state index in [0.717, 1.165) is 26.7 Å². The number of aromatic amines is 1. The third-order valence-corrected chi connectivity index (χ3v) is 2.68. The van der Waals surface area contributed by atoms with Gasteiger partial charge < -0.3 is 4.74 Å². The molecule has 0 aliphatic heterocycles. The molecule has 0 spiro atoms. The normalized spacial score (nSPS) is 10.7. The van der Waals surface area contributed by atoms with Gasteiger partial charge in [0.25, 0.3) is 0 Å². The summed E-state index contributed by atoms with van der Waals surface area (Å²) in [5, 5.41) is 8.00. The molecule has 3 nitrogen and oxygen atoms in total. The molecule has 2 rings (SSSR count). The number of aromatic nitrogens is 2. The molecule has 13 heavy (non-hydrogen) atoms. The monoisotopic (exact) mass is 240 g/mol. The van der Waals surface area contributed by atoms with Gasteiger partial charge in [0.05, 0.1) is 23.3 Å². The average Bonchev–Trinajstić information content (AvgIpc) is 2.53. The van der Waals surface area contributed by atoms with Gasteiger partial charge in [-0.15, -0.1) is 0 Å². The highest BCUT2D eigenvalue weighted by atomic mass is 79.9. The smallest absolute Gasteiger partial charge is 0.138 e. The average molecular weight is 241 g/mol. The van der Waals surface area contributed by atoms with Crippen LogP contribution in [0.25, 0.3) is 10.9 Å². The molecule has 0 aliphatic rings. The number of rotatable bonds is 1. The van der Waals surface area contributed by atoms with Gasteiger partial charge in [0, 0.05) is 10.9 Å². The summed E-state index contributed by atoms with van der Waals surface area (Å²) in [7, 11) is 1.66. The van der Waals surface area contributed by atoms with Gasteiger partial charge in [-0.05, 0) is 28.9 Å². The standard InChI is InChI=1S/C9H9BrN2O/c1-5-8-6(4-11-12-8)3-7(10)9(5)13-2/h3-4H,1-2H3,(H,11,12). The Morgan fingerprint density at radius 3 is 3.00 bits per heavy atom. The fraction of sp³-hybridized carbons (Fsp3) is 0.222. The minimum absolute atomic E-state index is 0.858. The molecule has 1 aromatic heterocycles. The van der Waals surface area contributed by atoms with E-state index in [-0.39, 0.29) is 0 Å². The predicted molar refractivity (Wildman–Crippen MR) is 55.1 cm³/mol. The summed E-state index contributed by atoms with van der Waals surface area (Å²) in [4.78, 5) is 0. The zero-order valence-electron chi connectivity index (χ0n) is 7.39. The van der Waals surface area contributed by atoms with Crippen molar-refractivity contribution in [2.45, 2.75) is 6.92 Å². The number of nitrogens with zero attached hydrogens (tertiary/aromatic N) is 1. The van der Waals surface area contributed by atoms with Crippen LogP contribution in [0.2, 0.25) is 0 Å². The zero-order valence-corrected chi connectivity index (χ0v) is 8.97. The highest BCUT2D eigenvalue weighted by Crippen LogP contribution is 2.33. The molecule has 0 saturated heterocycles. The lowest BCUT2D eigenvalue weighted by atomic mass is 10.1. The van der Waals surface area contributed by atoms with E-state index in [2.05, 4.69) is 26.1 Å². The quantitative estimate of drug-likeness (QED) is 0.833. The second kappa shape index (κ2) is 3.03. The number of aryl methyl sites for hydroxylation is 1. The van der Waals surface area contributed by atoms with E-state index >= 15 is 0 Å². The summed E-state index contributed by atoms with van der Waals surface area (Å²) < 4.78 is 6.22. The molecule has 0 bridgehead atoms. The van der Waals surface area contributed by atoms with Crippen molar-refractivity contribution >= 4 is 26.8 Å². The van der Waals surface area contributed by atoms with Crippen LogP contribution < -0.4 is 4.74 Å². The Labute approximate surface area is 84.2 Å². The maximum absolute atomic E-state index is 5.26. The first-order valence-corrected chi connectivity index (χ1v) is 4.69. The van der Waals surface area contributed by atoms with Crippen molar-refractivity contribution in [1.82, 2.24) is 10.2 Å². The molecule has 0 radical (unpaired) electrons. The molecule has 1 N–H and O–H groups in total. The first-order valence-electron chi connectivity index (χ1n) is 3.90. The van der Waals surface area contributed by atoms with Crippen LogP contribution in [-0.4, -0.2) is 17.3 Å². The fourth-order valence-corrected chi connectivity index (χ4v) is 2.16. The molecule has 4 heteroatoms. The number of nitrogens with one attached hydrogen (secondary N) is 1. The number of hydrogen-bond acceptors (Lipinski definition) is 2. The van der Waals surface area contributed by atoms with Crippen LogP contribution in [0.5, 0.6) is 5.75 Å². The first kappa shape index (κ1) is 8.56. The molecule has 1 aromatic carbocycles. The van der Waals surface area contributed by atoms with Crippen LogP contribution >= 0.6 is 15.9 Å². The second-order valence-electron chi connectivity index (χ2n) is 2.85. The van der Waals surface area contributed by atoms with Crippen LogP contribution in [0.1, 0.15) is 5.56 Å². The number of hydrogen-bond donors (Lipinski definition) is 1. The van der Waals surface area contributed by atoms with E-state index in [1.807, 2.05) is 13.0 Å². The minimum Gasteiger partial charge on any atom is -0.495 e. The number of benzene rings is 1. The third kappa shape index (κ3) is 1.21. The lowest BCUT2D eigenvalue weighted by Crippen LogP contribution is -1.89. The third-order valence-electron chi connectivity index (χ3n) is 2.09. The molecule has 1 heterocycles. The van der Waals surface area contributed by atoms with Gasteiger partial charge in [-0.2, -0.15) is 5.10 Å². The second-order valence-corrected chi connectivity index (χ2v) is 3.71. The van der Waals surface area contributed by atoms with E-state index in [0.29, 0.717) is 0 Å². The predicted octanol–water partition coefficient (Wildman–Crippen LogP) is 2.64. The highest BCUT2D eigenvalue weighted by molar-refractivity contribution is 9.10. The van der Waals surface area contributed by atoms with E-state index in [1.165, 1.54) is 0 Å². The summed E-state index contributed by atoms with van der Waals surface area (Å²) in [6.07, 6.45) is 1.80. The molecular formula is C9H9BrN2O. The van der Waals surface area contributed by atoms with Crippen molar-refractivity contribution in [3.8, 4) is 5.75 Å². The van der Waals surface area contributed by atoms with Crippen LogP contribution in [0.3, 0.4) is 0 Å². The number of H-pyrrole nitrogens is 1. The van der Waals surface area contributed by atoms with Gasteiger partial charge in [-0.1, -0.05) is 0 Å². The fourth-order valence-electron chi connectivity index (χ4n) is 1.45. The number of halogens is 1. The molecule has 0 atom stereocenters. The van der Waals surface area contributed by atoms with Crippen LogP contribution in [0, 0.1) is 6.92 Å². The van der Waals surface area contributed by atoms with Gasteiger partial charge in [-0.25, -0.2) is 0 Å². The maximum atomic E-state index is 5.26. The van der Waals surface area contributed by atoms with Crippen LogP contribution in [0.4, 0.5) is 0 Å². The summed E-state index contributed by atoms with van der Waals surface area (Å²) in [5.41, 5.74) is 2.10. The molecule has 0 unspecified atom stereocenters. The van der Waals surface area contributed by atoms with Crippen molar-refractivity contribution < 1.29 is 4.74 Å². The van der Waals surface area contributed by atoms with Crippen molar-refractivity contribution in [2.75, 3.05) is 7.11 Å². The molecule has 0 saturated carbocycles. The van der Waals surface area contributed by atoms with E-state index < -0.39 is 0 Å². The van der Waals surface area contributed by atoms with E-state index in [1.54, 1.807) is 13.3 Å². The minimum atomic E-state index is 0.858. The van der Waals surface area contributed by atoms with Gasteiger partial charge in [-0.3, -0.25) is 5.10 Å². The summed E-state index contributed by atoms with van der Waals surface area (Å²) >= 11 is 3.45. The first-order chi connectivity index (χ1) is 6.24. The number of ether oxygens (including phenoxy) is 1. The Hall–Kier alpha value is -1.03. The van der Waals surface area contributed by atoms with Crippen molar-refractivity contribution in [3.05, 3.63) is 22.3 Å². The van der Waals surface area contributed by atoms with Gasteiger partial charge in [0.1, 0.15) is 5.75 Å². The van der Waals surface area contributed by atoms with Gasteiger partial charge in [0.15, 0.2) is 0 Å². The van der Waals surface area contributed by atoms with Crippen molar-refractivity contribution in [1.29, 1.82) is 0 Å². The summed E-state index contributed by atoms with van der Waals surface area (Å²) in [6, 6.07) is 1.99. The Balaban J connectivity index is 2.85. The highest BCUT2D eigenvalue weighted by Gasteiger charge is 2.09. The van der Waals surface area contributed by atoms with Crippen molar-refractivity contribution in [3.63, 3.8) is 0 Å². The lowest BCUT2D eigenvalue weighted by molar-refractivity contribution is 0.409. The Kier molecular flexibility index (Phi) is 2.00.